The van der Waals surface area contributed by atoms with Crippen LogP contribution in [0, 0.1) is 10.1 Å². The molecule has 1 N–H and O–H groups in total. The summed E-state index contributed by atoms with van der Waals surface area (Å²) >= 11 is 1.27. The van der Waals surface area contributed by atoms with Crippen LogP contribution in [0.3, 0.4) is 0 Å². The Kier molecular flexibility index (Phi) is 6.49. The van der Waals surface area contributed by atoms with E-state index in [2.05, 4.69) is 16.9 Å². The normalized spacial score (nSPS) is 10.6. The summed E-state index contributed by atoms with van der Waals surface area (Å²) in [5.74, 6) is 0.333. The minimum absolute atomic E-state index is 0.0139. The number of para-hydroxylation sites is 1. The van der Waals surface area contributed by atoms with Crippen LogP contribution < -0.4 is 10.1 Å². The Morgan fingerprint density at radius 2 is 2.00 bits per heavy atom. The van der Waals surface area contributed by atoms with Crippen molar-refractivity contribution >= 4 is 34.1 Å². The van der Waals surface area contributed by atoms with Crippen molar-refractivity contribution in [2.24, 2.45) is 0 Å². The number of anilines is 1. The van der Waals surface area contributed by atoms with Crippen LogP contribution in [0.2, 0.25) is 0 Å². The van der Waals surface area contributed by atoms with Gasteiger partial charge in [-0.1, -0.05) is 30.9 Å². The molecule has 7 nitrogen and oxygen atoms in total. The first-order valence-corrected chi connectivity index (χ1v) is 9.47. The second-order valence-corrected chi connectivity index (χ2v) is 6.66. The second-order valence-electron chi connectivity index (χ2n) is 5.80. The van der Waals surface area contributed by atoms with Gasteiger partial charge in [0.25, 0.3) is 5.69 Å². The van der Waals surface area contributed by atoms with Gasteiger partial charge in [0.2, 0.25) is 5.91 Å². The summed E-state index contributed by atoms with van der Waals surface area (Å²) < 4.78 is 5.56. The van der Waals surface area contributed by atoms with E-state index in [1.54, 1.807) is 29.7 Å². The average Bonchev–Trinajstić information content (AvgIpc) is 3.19. The van der Waals surface area contributed by atoms with Crippen LogP contribution in [0.4, 0.5) is 10.8 Å². The van der Waals surface area contributed by atoms with Crippen molar-refractivity contribution in [1.29, 1.82) is 0 Å². The summed E-state index contributed by atoms with van der Waals surface area (Å²) in [5, 5.41) is 15.7. The number of nitro benzene ring substituents is 1. The van der Waals surface area contributed by atoms with Gasteiger partial charge in [0.15, 0.2) is 5.13 Å². The standard InChI is InChI=1S/C21H17N3O4S/c1-2-13-28-19-6-4-3-5-16(19)9-12-20(25)23-21-22-18(14-29-21)15-7-10-17(11-8-15)24(26)27/h2-12,14H,1,13H2,(H,22,23,25)/b12-9-. The topological polar surface area (TPSA) is 94.4 Å². The molecule has 0 aliphatic heterocycles. The lowest BCUT2D eigenvalue weighted by Gasteiger charge is -2.06. The lowest BCUT2D eigenvalue weighted by atomic mass is 10.1. The Morgan fingerprint density at radius 3 is 2.72 bits per heavy atom. The zero-order chi connectivity index (χ0) is 20.6. The first kappa shape index (κ1) is 20.0. The van der Waals surface area contributed by atoms with Crippen LogP contribution in [0.5, 0.6) is 5.75 Å². The van der Waals surface area contributed by atoms with E-state index in [-0.39, 0.29) is 11.6 Å². The van der Waals surface area contributed by atoms with E-state index in [9.17, 15) is 14.9 Å². The van der Waals surface area contributed by atoms with Gasteiger partial charge in [-0.3, -0.25) is 20.2 Å². The molecule has 0 atom stereocenters. The lowest BCUT2D eigenvalue weighted by Crippen LogP contribution is -2.07. The lowest BCUT2D eigenvalue weighted by molar-refractivity contribution is -0.384. The molecule has 1 heterocycles. The number of non-ortho nitro benzene ring substituents is 1. The smallest absolute Gasteiger partial charge is 0.269 e. The van der Waals surface area contributed by atoms with E-state index >= 15 is 0 Å². The van der Waals surface area contributed by atoms with Crippen LogP contribution in [0.1, 0.15) is 5.56 Å². The molecule has 0 unspecified atom stereocenters. The van der Waals surface area contributed by atoms with Gasteiger partial charge in [-0.05, 0) is 24.3 Å². The Bertz CT molecular complexity index is 1060. The van der Waals surface area contributed by atoms with Crippen LogP contribution in [0.15, 0.2) is 72.6 Å². The third-order valence-electron chi connectivity index (χ3n) is 3.80. The number of nitrogens with zero attached hydrogens (tertiary/aromatic N) is 2. The second kappa shape index (κ2) is 9.43. The van der Waals surface area contributed by atoms with E-state index in [0.29, 0.717) is 23.2 Å². The molecule has 0 saturated heterocycles. The maximum atomic E-state index is 12.2. The summed E-state index contributed by atoms with van der Waals surface area (Å²) in [5.41, 5.74) is 2.15. The maximum absolute atomic E-state index is 12.2. The van der Waals surface area contributed by atoms with Gasteiger partial charge in [-0.2, -0.15) is 0 Å². The zero-order valence-electron chi connectivity index (χ0n) is 15.3. The monoisotopic (exact) mass is 407 g/mol. The van der Waals surface area contributed by atoms with Gasteiger partial charge in [-0.25, -0.2) is 4.98 Å². The molecule has 3 aromatic rings. The number of thiazole rings is 1. The highest BCUT2D eigenvalue weighted by atomic mass is 32.1. The molecule has 146 valence electrons. The highest BCUT2D eigenvalue weighted by molar-refractivity contribution is 7.14. The number of ether oxygens (including phenoxy) is 1. The molecular formula is C21H17N3O4S. The largest absolute Gasteiger partial charge is 0.489 e. The van der Waals surface area contributed by atoms with E-state index in [0.717, 1.165) is 11.1 Å². The molecule has 0 fully saturated rings. The van der Waals surface area contributed by atoms with Crippen LogP contribution in [-0.4, -0.2) is 22.4 Å². The number of benzene rings is 2. The number of amides is 1. The number of rotatable bonds is 8. The molecule has 3 rings (SSSR count). The van der Waals surface area contributed by atoms with E-state index in [1.165, 1.54) is 29.5 Å². The molecule has 0 aliphatic carbocycles. The third kappa shape index (κ3) is 5.36. The molecule has 2 aromatic carbocycles. The highest BCUT2D eigenvalue weighted by Gasteiger charge is 2.09. The molecule has 0 saturated carbocycles. The number of carbonyl (C=O) groups excluding carboxylic acids is 1. The predicted octanol–water partition coefficient (Wildman–Crippen LogP) is 4.94. The molecule has 1 amide bonds. The third-order valence-corrected chi connectivity index (χ3v) is 4.56. The minimum Gasteiger partial charge on any atom is -0.489 e. The molecule has 0 spiro atoms. The molecule has 0 aliphatic rings. The molecular weight excluding hydrogens is 390 g/mol. The fourth-order valence-electron chi connectivity index (χ4n) is 2.43. The van der Waals surface area contributed by atoms with Crippen LogP contribution in [-0.2, 0) is 4.79 Å². The van der Waals surface area contributed by atoms with Crippen molar-refractivity contribution in [3.8, 4) is 17.0 Å². The van der Waals surface area contributed by atoms with Crippen LogP contribution >= 0.6 is 11.3 Å². The SMILES string of the molecule is C=CCOc1ccccc1/C=C\C(=O)Nc1nc(-c2ccc([N+](=O)[O-])cc2)cs1. The van der Waals surface area contributed by atoms with E-state index in [1.807, 2.05) is 24.3 Å². The fourth-order valence-corrected chi connectivity index (χ4v) is 3.15. The summed E-state index contributed by atoms with van der Waals surface area (Å²) in [6.45, 7) is 4.00. The molecule has 0 bridgehead atoms. The summed E-state index contributed by atoms with van der Waals surface area (Å²) in [6.07, 6.45) is 4.72. The number of hydrogen-bond donors (Lipinski definition) is 1. The van der Waals surface area contributed by atoms with Crippen molar-refractivity contribution in [2.45, 2.75) is 0 Å². The van der Waals surface area contributed by atoms with Gasteiger partial charge in [-0.15, -0.1) is 11.3 Å². The molecule has 8 heteroatoms. The number of hydrogen-bond acceptors (Lipinski definition) is 6. The Balaban J connectivity index is 1.65. The maximum Gasteiger partial charge on any atom is 0.269 e. The van der Waals surface area contributed by atoms with Gasteiger partial charge in [0.05, 0.1) is 10.6 Å². The number of carbonyl (C=O) groups is 1. The molecule has 1 aromatic heterocycles. The number of nitro groups is 1. The van der Waals surface area contributed by atoms with Crippen molar-refractivity contribution in [1.82, 2.24) is 4.98 Å². The summed E-state index contributed by atoms with van der Waals surface area (Å²) in [4.78, 5) is 26.9. The van der Waals surface area contributed by atoms with Crippen molar-refractivity contribution in [3.05, 3.63) is 88.3 Å². The Labute approximate surface area is 171 Å². The number of aromatic nitrogens is 1. The number of nitrogens with one attached hydrogen (secondary N) is 1. The van der Waals surface area contributed by atoms with Gasteiger partial charge < -0.3 is 4.74 Å². The Morgan fingerprint density at radius 1 is 1.24 bits per heavy atom. The van der Waals surface area contributed by atoms with E-state index in [4.69, 9.17) is 4.74 Å². The average molecular weight is 407 g/mol. The Hall–Kier alpha value is -3.78. The quantitative estimate of drug-likeness (QED) is 0.247. The predicted molar refractivity (Wildman–Crippen MR) is 114 cm³/mol. The molecule has 0 radical (unpaired) electrons. The first-order valence-electron chi connectivity index (χ1n) is 8.59. The molecule has 29 heavy (non-hydrogen) atoms. The summed E-state index contributed by atoms with van der Waals surface area (Å²) in [6, 6.07) is 13.5. The van der Waals surface area contributed by atoms with E-state index < -0.39 is 4.92 Å². The summed E-state index contributed by atoms with van der Waals surface area (Å²) in [7, 11) is 0. The van der Waals surface area contributed by atoms with Crippen molar-refractivity contribution < 1.29 is 14.5 Å². The first-order chi connectivity index (χ1) is 14.1. The van der Waals surface area contributed by atoms with Gasteiger partial charge >= 0.3 is 0 Å². The minimum atomic E-state index is -0.455. The van der Waals surface area contributed by atoms with Crippen LogP contribution in [0.25, 0.3) is 17.3 Å². The highest BCUT2D eigenvalue weighted by Crippen LogP contribution is 2.26. The zero-order valence-corrected chi connectivity index (χ0v) is 16.1. The van der Waals surface area contributed by atoms with Gasteiger partial charge in [0, 0.05) is 34.7 Å². The van der Waals surface area contributed by atoms with Crippen molar-refractivity contribution in [2.75, 3.05) is 11.9 Å². The van der Waals surface area contributed by atoms with Crippen molar-refractivity contribution in [3.63, 3.8) is 0 Å². The van der Waals surface area contributed by atoms with Gasteiger partial charge in [0.1, 0.15) is 12.4 Å². The fraction of sp³-hybridized carbons (Fsp3) is 0.0476.